The number of rotatable bonds is 5. The summed E-state index contributed by atoms with van der Waals surface area (Å²) in [6.07, 6.45) is 2.95. The molecule has 8 nitrogen and oxygen atoms in total. The number of carboxylic acids is 1. The zero-order chi connectivity index (χ0) is 22.1. The molecule has 0 aliphatic heterocycles. The van der Waals surface area contributed by atoms with Crippen LogP contribution in [0.1, 0.15) is 37.4 Å². The molecular weight excluding hydrogens is 403 g/mol. The molecule has 0 bridgehead atoms. The number of nitrogens with one attached hydrogen (secondary N) is 1. The number of hydrogen-bond donors (Lipinski definition) is 3. The number of fused-ring (bicyclic) bond motifs is 1. The topological polar surface area (TPSA) is 117 Å². The Morgan fingerprint density at radius 1 is 1.10 bits per heavy atom. The third-order valence-corrected chi connectivity index (χ3v) is 4.90. The van der Waals surface area contributed by atoms with Gasteiger partial charge in [-0.05, 0) is 54.4 Å². The smallest absolute Gasteiger partial charge is 0.335 e. The second-order valence-electron chi connectivity index (χ2n) is 6.98. The minimum Gasteiger partial charge on any atom is -0.493 e. The minimum atomic E-state index is -1.07. The van der Waals surface area contributed by atoms with Gasteiger partial charge in [0.15, 0.2) is 5.65 Å². The third-order valence-electron chi connectivity index (χ3n) is 4.90. The summed E-state index contributed by atoms with van der Waals surface area (Å²) < 4.78 is 14.7. The first-order valence-corrected chi connectivity index (χ1v) is 9.28. The Morgan fingerprint density at radius 2 is 1.84 bits per heavy atom. The van der Waals surface area contributed by atoms with Crippen molar-refractivity contribution in [3.8, 4) is 5.88 Å². The lowest BCUT2D eigenvalue weighted by Gasteiger charge is -2.09. The van der Waals surface area contributed by atoms with E-state index in [1.165, 1.54) is 48.8 Å². The summed E-state index contributed by atoms with van der Waals surface area (Å²) in [5, 5.41) is 26.3. The fraction of sp³-hybridized carbons (Fsp3) is 0.0909. The van der Waals surface area contributed by atoms with E-state index in [1.54, 1.807) is 6.07 Å². The molecule has 0 atom stereocenters. The Morgan fingerprint density at radius 3 is 2.55 bits per heavy atom. The molecule has 1 amide bonds. The summed E-state index contributed by atoms with van der Waals surface area (Å²) in [5.41, 5.74) is 2.78. The average molecular weight is 420 g/mol. The van der Waals surface area contributed by atoms with E-state index in [9.17, 15) is 19.1 Å². The first-order valence-electron chi connectivity index (χ1n) is 9.28. The first-order chi connectivity index (χ1) is 14.8. The van der Waals surface area contributed by atoms with Crippen molar-refractivity contribution in [2.45, 2.75) is 13.3 Å². The molecule has 4 aromatic rings. The number of carboxylic acid groups (broad SMARTS) is 1. The number of carbonyl (C=O) groups is 2. The van der Waals surface area contributed by atoms with E-state index in [2.05, 4.69) is 15.4 Å². The highest BCUT2D eigenvalue weighted by molar-refractivity contribution is 6.08. The summed E-state index contributed by atoms with van der Waals surface area (Å²) in [6.45, 7) is 1.84. The SMILES string of the molecule is Cc1ccc(F)cc1Cc1cnc2c(C(=O)Nc3ccc(C(=O)O)cc3)cnn2c1O. The molecule has 2 aromatic heterocycles. The van der Waals surface area contributed by atoms with E-state index in [4.69, 9.17) is 5.11 Å². The van der Waals surface area contributed by atoms with E-state index in [-0.39, 0.29) is 34.9 Å². The average Bonchev–Trinajstić information content (AvgIpc) is 3.18. The van der Waals surface area contributed by atoms with Crippen LogP contribution in [-0.2, 0) is 6.42 Å². The fourth-order valence-electron chi connectivity index (χ4n) is 3.17. The number of benzene rings is 2. The maximum atomic E-state index is 13.6. The molecule has 0 aliphatic carbocycles. The Balaban J connectivity index is 1.60. The quantitative estimate of drug-likeness (QED) is 0.455. The van der Waals surface area contributed by atoms with Gasteiger partial charge >= 0.3 is 5.97 Å². The lowest BCUT2D eigenvalue weighted by atomic mass is 10.0. The predicted octanol–water partition coefficient (Wildman–Crippen LogP) is 3.42. The lowest BCUT2D eigenvalue weighted by Crippen LogP contribution is -2.12. The first kappa shape index (κ1) is 20.0. The maximum absolute atomic E-state index is 13.6. The molecule has 0 radical (unpaired) electrons. The van der Waals surface area contributed by atoms with Crippen molar-refractivity contribution >= 4 is 23.2 Å². The Bertz CT molecular complexity index is 1320. The van der Waals surface area contributed by atoms with Gasteiger partial charge in [-0.3, -0.25) is 4.79 Å². The van der Waals surface area contributed by atoms with Gasteiger partial charge in [-0.1, -0.05) is 6.07 Å². The van der Waals surface area contributed by atoms with E-state index >= 15 is 0 Å². The highest BCUT2D eigenvalue weighted by atomic mass is 19.1. The van der Waals surface area contributed by atoms with Crippen LogP contribution in [0.4, 0.5) is 10.1 Å². The number of nitrogens with zero attached hydrogens (tertiary/aromatic N) is 3. The van der Waals surface area contributed by atoms with Gasteiger partial charge in [-0.15, -0.1) is 0 Å². The minimum absolute atomic E-state index is 0.0987. The third kappa shape index (κ3) is 3.93. The lowest BCUT2D eigenvalue weighted by molar-refractivity contribution is 0.0696. The van der Waals surface area contributed by atoms with Crippen LogP contribution < -0.4 is 5.32 Å². The highest BCUT2D eigenvalue weighted by Crippen LogP contribution is 2.24. The number of anilines is 1. The van der Waals surface area contributed by atoms with Gasteiger partial charge in [0.1, 0.15) is 11.4 Å². The molecule has 3 N–H and O–H groups in total. The number of aromatic hydroxyl groups is 1. The van der Waals surface area contributed by atoms with Gasteiger partial charge in [0, 0.05) is 23.9 Å². The zero-order valence-corrected chi connectivity index (χ0v) is 16.3. The summed E-state index contributed by atoms with van der Waals surface area (Å²) in [5.74, 6) is -2.15. The number of amides is 1. The summed E-state index contributed by atoms with van der Waals surface area (Å²) in [4.78, 5) is 27.8. The molecule has 0 unspecified atom stereocenters. The zero-order valence-electron chi connectivity index (χ0n) is 16.3. The molecule has 0 saturated carbocycles. The van der Waals surface area contributed by atoms with Crippen LogP contribution in [0.25, 0.3) is 5.65 Å². The van der Waals surface area contributed by atoms with Gasteiger partial charge in [-0.25, -0.2) is 14.2 Å². The number of aromatic carboxylic acids is 1. The van der Waals surface area contributed by atoms with Gasteiger partial charge in [0.2, 0.25) is 5.88 Å². The number of aryl methyl sites for hydroxylation is 1. The summed E-state index contributed by atoms with van der Waals surface area (Å²) in [6, 6.07) is 10.1. The van der Waals surface area contributed by atoms with Crippen LogP contribution in [-0.4, -0.2) is 36.7 Å². The van der Waals surface area contributed by atoms with Crippen molar-refractivity contribution in [3.05, 3.63) is 88.5 Å². The van der Waals surface area contributed by atoms with E-state index in [0.29, 0.717) is 16.8 Å². The molecular formula is C22H17FN4O4. The Kier molecular flexibility index (Phi) is 5.08. The van der Waals surface area contributed by atoms with Crippen LogP contribution in [0.5, 0.6) is 5.88 Å². The van der Waals surface area contributed by atoms with Crippen molar-refractivity contribution in [3.63, 3.8) is 0 Å². The van der Waals surface area contributed by atoms with Crippen LogP contribution >= 0.6 is 0 Å². The van der Waals surface area contributed by atoms with Crippen LogP contribution in [0.15, 0.2) is 54.9 Å². The Hall–Kier alpha value is -4.27. The molecule has 0 fully saturated rings. The molecule has 156 valence electrons. The molecule has 0 aliphatic rings. The largest absolute Gasteiger partial charge is 0.493 e. The van der Waals surface area contributed by atoms with Crippen LogP contribution in [0.3, 0.4) is 0 Å². The molecule has 9 heteroatoms. The van der Waals surface area contributed by atoms with Crippen LogP contribution in [0.2, 0.25) is 0 Å². The number of carbonyl (C=O) groups excluding carboxylic acids is 1. The molecule has 0 saturated heterocycles. The molecule has 31 heavy (non-hydrogen) atoms. The van der Waals surface area contributed by atoms with Gasteiger partial charge in [-0.2, -0.15) is 9.61 Å². The molecule has 0 spiro atoms. The van der Waals surface area contributed by atoms with Gasteiger partial charge in [0.25, 0.3) is 5.91 Å². The second kappa shape index (κ2) is 7.86. The summed E-state index contributed by atoms with van der Waals surface area (Å²) in [7, 11) is 0. The van der Waals surface area contributed by atoms with Crippen molar-refractivity contribution in [1.82, 2.24) is 14.6 Å². The van der Waals surface area contributed by atoms with Crippen molar-refractivity contribution in [2.24, 2.45) is 0 Å². The van der Waals surface area contributed by atoms with Crippen molar-refractivity contribution in [2.75, 3.05) is 5.32 Å². The number of aromatic nitrogens is 3. The van der Waals surface area contributed by atoms with Crippen LogP contribution in [0, 0.1) is 12.7 Å². The van der Waals surface area contributed by atoms with E-state index < -0.39 is 11.9 Å². The normalized spacial score (nSPS) is 10.9. The maximum Gasteiger partial charge on any atom is 0.335 e. The monoisotopic (exact) mass is 420 g/mol. The van der Waals surface area contributed by atoms with Crippen molar-refractivity contribution < 1.29 is 24.2 Å². The fourth-order valence-corrected chi connectivity index (χ4v) is 3.17. The predicted molar refractivity (Wildman–Crippen MR) is 110 cm³/mol. The summed E-state index contributed by atoms with van der Waals surface area (Å²) >= 11 is 0. The molecule has 2 heterocycles. The Labute approximate surface area is 175 Å². The van der Waals surface area contributed by atoms with Gasteiger partial charge in [0.05, 0.1) is 11.8 Å². The second-order valence-corrected chi connectivity index (χ2v) is 6.98. The molecule has 2 aromatic carbocycles. The van der Waals surface area contributed by atoms with Gasteiger partial charge < -0.3 is 15.5 Å². The van der Waals surface area contributed by atoms with Crippen molar-refractivity contribution in [1.29, 1.82) is 0 Å². The number of hydrogen-bond acceptors (Lipinski definition) is 5. The molecule has 4 rings (SSSR count). The van der Waals surface area contributed by atoms with E-state index in [0.717, 1.165) is 10.1 Å². The number of halogens is 1. The standard InChI is InChI=1S/C22H17FN4O4/c1-12-2-5-16(23)9-14(12)8-15-10-24-19-18(11-25-27(19)21(15)29)20(28)26-17-6-3-13(4-7-17)22(30)31/h2-7,9-11,29H,8H2,1H3,(H,26,28)(H,30,31). The van der Waals surface area contributed by atoms with E-state index in [1.807, 2.05) is 6.92 Å². The highest BCUT2D eigenvalue weighted by Gasteiger charge is 2.18.